The van der Waals surface area contributed by atoms with Gasteiger partial charge < -0.3 is 4.74 Å². The minimum Gasteiger partial charge on any atom is -0.469 e. The van der Waals surface area contributed by atoms with Crippen LogP contribution in [0, 0.1) is 0 Å². The number of unbranched alkanes of at least 4 members (excludes halogenated alkanes) is 10. The Kier molecular flexibility index (Phi) is 17.7. The monoisotopic (exact) mass is 316 g/mol. The number of thioether (sulfide) groups is 1. The van der Waals surface area contributed by atoms with Crippen LogP contribution in [0.1, 0.15) is 90.4 Å². The Balaban J connectivity index is 2.98. The highest BCUT2D eigenvalue weighted by atomic mass is 32.2. The van der Waals surface area contributed by atoms with Gasteiger partial charge in [0.05, 0.1) is 7.11 Å². The van der Waals surface area contributed by atoms with Crippen molar-refractivity contribution in [2.45, 2.75) is 90.4 Å². The number of carbonyl (C=O) groups is 1. The topological polar surface area (TPSA) is 26.3 Å². The third-order valence-electron chi connectivity index (χ3n) is 3.79. The maximum Gasteiger partial charge on any atom is 0.305 e. The molecule has 0 aliphatic carbocycles. The quantitative estimate of drug-likeness (QED) is 0.259. The summed E-state index contributed by atoms with van der Waals surface area (Å²) in [4.78, 5) is 10.9. The molecule has 0 aromatic rings. The first kappa shape index (κ1) is 20.8. The van der Waals surface area contributed by atoms with Crippen LogP contribution < -0.4 is 0 Å². The van der Waals surface area contributed by atoms with Crippen molar-refractivity contribution in [2.24, 2.45) is 0 Å². The van der Waals surface area contributed by atoms with Gasteiger partial charge >= 0.3 is 5.97 Å². The Hall–Kier alpha value is -0.180. The van der Waals surface area contributed by atoms with Crippen LogP contribution in [-0.2, 0) is 9.53 Å². The van der Waals surface area contributed by atoms with Crippen LogP contribution in [0.5, 0.6) is 0 Å². The van der Waals surface area contributed by atoms with Gasteiger partial charge in [-0.1, -0.05) is 64.7 Å². The highest BCUT2D eigenvalue weighted by Crippen LogP contribution is 2.13. The fraction of sp³-hybridized carbons (Fsp3) is 0.944. The molecule has 0 atom stereocenters. The van der Waals surface area contributed by atoms with E-state index < -0.39 is 0 Å². The van der Waals surface area contributed by atoms with E-state index in [9.17, 15) is 4.79 Å². The summed E-state index contributed by atoms with van der Waals surface area (Å²) in [7, 11) is 1.46. The van der Waals surface area contributed by atoms with Crippen molar-refractivity contribution in [2.75, 3.05) is 18.6 Å². The van der Waals surface area contributed by atoms with Gasteiger partial charge in [0.1, 0.15) is 0 Å². The van der Waals surface area contributed by atoms with Crippen LogP contribution in [0.3, 0.4) is 0 Å². The molecule has 21 heavy (non-hydrogen) atoms. The Morgan fingerprint density at radius 1 is 0.762 bits per heavy atom. The lowest BCUT2D eigenvalue weighted by Crippen LogP contribution is -1.99. The van der Waals surface area contributed by atoms with E-state index in [1.807, 2.05) is 0 Å². The van der Waals surface area contributed by atoms with Gasteiger partial charge in [-0.05, 0) is 30.8 Å². The summed E-state index contributed by atoms with van der Waals surface area (Å²) in [6, 6.07) is 0. The van der Waals surface area contributed by atoms with Gasteiger partial charge in [-0.3, -0.25) is 4.79 Å². The summed E-state index contributed by atoms with van der Waals surface area (Å²) in [5.41, 5.74) is 0. The zero-order valence-corrected chi connectivity index (χ0v) is 15.1. The predicted molar refractivity (Wildman–Crippen MR) is 95.0 cm³/mol. The molecule has 0 saturated carbocycles. The van der Waals surface area contributed by atoms with Gasteiger partial charge in [0.15, 0.2) is 0 Å². The van der Waals surface area contributed by atoms with E-state index in [4.69, 9.17) is 0 Å². The van der Waals surface area contributed by atoms with Crippen molar-refractivity contribution >= 4 is 17.7 Å². The lowest BCUT2D eigenvalue weighted by atomic mass is 10.1. The molecule has 0 rings (SSSR count). The second-order valence-electron chi connectivity index (χ2n) is 5.83. The van der Waals surface area contributed by atoms with Crippen LogP contribution in [-0.4, -0.2) is 24.6 Å². The largest absolute Gasteiger partial charge is 0.469 e. The molecule has 0 unspecified atom stereocenters. The van der Waals surface area contributed by atoms with E-state index in [1.54, 1.807) is 0 Å². The van der Waals surface area contributed by atoms with E-state index in [0.717, 1.165) is 12.8 Å². The molecule has 0 N–H and O–H groups in total. The van der Waals surface area contributed by atoms with Gasteiger partial charge in [0.2, 0.25) is 0 Å². The molecule has 0 aromatic heterocycles. The number of methoxy groups -OCH3 is 1. The third kappa shape index (κ3) is 17.8. The molecular weight excluding hydrogens is 280 g/mol. The maximum absolute atomic E-state index is 10.9. The molecular formula is C18H36O2S. The lowest BCUT2D eigenvalue weighted by Gasteiger charge is -2.03. The molecule has 0 aromatic carbocycles. The van der Waals surface area contributed by atoms with Crippen molar-refractivity contribution in [3.8, 4) is 0 Å². The second kappa shape index (κ2) is 17.9. The molecule has 2 nitrogen and oxygen atoms in total. The highest BCUT2D eigenvalue weighted by Gasteiger charge is 1.99. The van der Waals surface area contributed by atoms with Gasteiger partial charge in [0.25, 0.3) is 0 Å². The minimum atomic E-state index is -0.0719. The standard InChI is InChI=1S/C18H36O2S/c1-3-4-5-6-7-8-9-10-13-16-21-17-14-11-12-15-18(19)20-2/h3-17H2,1-2H3. The average Bonchev–Trinajstić information content (AvgIpc) is 2.50. The summed E-state index contributed by atoms with van der Waals surface area (Å²) in [6.07, 6.45) is 16.7. The Bertz CT molecular complexity index is 219. The number of carbonyl (C=O) groups excluding carboxylic acids is 1. The normalized spacial score (nSPS) is 10.8. The minimum absolute atomic E-state index is 0.0719. The summed E-state index contributed by atoms with van der Waals surface area (Å²) >= 11 is 2.08. The van der Waals surface area contributed by atoms with Crippen LogP contribution in [0.15, 0.2) is 0 Å². The van der Waals surface area contributed by atoms with E-state index in [0.29, 0.717) is 6.42 Å². The van der Waals surface area contributed by atoms with Gasteiger partial charge in [0, 0.05) is 6.42 Å². The van der Waals surface area contributed by atoms with Gasteiger partial charge in [-0.25, -0.2) is 0 Å². The molecule has 0 aliphatic rings. The number of hydrogen-bond donors (Lipinski definition) is 0. The van der Waals surface area contributed by atoms with Crippen molar-refractivity contribution in [1.29, 1.82) is 0 Å². The molecule has 0 fully saturated rings. The molecule has 3 heteroatoms. The third-order valence-corrected chi connectivity index (χ3v) is 4.94. The van der Waals surface area contributed by atoms with Gasteiger partial charge in [-0.2, -0.15) is 11.8 Å². The SMILES string of the molecule is CCCCCCCCCCCSCCCCCC(=O)OC. The molecule has 0 aliphatic heterocycles. The fourth-order valence-corrected chi connectivity index (χ4v) is 3.39. The molecule has 0 amide bonds. The zero-order chi connectivity index (χ0) is 15.6. The average molecular weight is 317 g/mol. The number of esters is 1. The van der Waals surface area contributed by atoms with Crippen molar-refractivity contribution in [1.82, 2.24) is 0 Å². The van der Waals surface area contributed by atoms with Crippen LogP contribution >= 0.6 is 11.8 Å². The summed E-state index contributed by atoms with van der Waals surface area (Å²) in [5, 5.41) is 0. The first-order valence-electron chi connectivity index (χ1n) is 8.95. The lowest BCUT2D eigenvalue weighted by molar-refractivity contribution is -0.140. The molecule has 0 saturated heterocycles. The molecule has 0 spiro atoms. The van der Waals surface area contributed by atoms with Crippen molar-refractivity contribution in [3.63, 3.8) is 0 Å². The second-order valence-corrected chi connectivity index (χ2v) is 7.05. The van der Waals surface area contributed by atoms with E-state index in [-0.39, 0.29) is 5.97 Å². The van der Waals surface area contributed by atoms with Crippen LogP contribution in [0.2, 0.25) is 0 Å². The summed E-state index contributed by atoms with van der Waals surface area (Å²) in [6.45, 7) is 2.27. The van der Waals surface area contributed by atoms with Crippen LogP contribution in [0.4, 0.5) is 0 Å². The maximum atomic E-state index is 10.9. The summed E-state index contributed by atoms with van der Waals surface area (Å²) in [5.74, 6) is 2.49. The molecule has 126 valence electrons. The van der Waals surface area contributed by atoms with E-state index in [1.165, 1.54) is 82.8 Å². The highest BCUT2D eigenvalue weighted by molar-refractivity contribution is 7.99. The van der Waals surface area contributed by atoms with Crippen molar-refractivity contribution in [3.05, 3.63) is 0 Å². The zero-order valence-electron chi connectivity index (χ0n) is 14.3. The van der Waals surface area contributed by atoms with Gasteiger partial charge in [-0.15, -0.1) is 0 Å². The number of rotatable bonds is 16. The predicted octanol–water partition coefficient (Wildman–Crippen LogP) is 5.98. The molecule has 0 heterocycles. The Labute approximate surface area is 136 Å². The Morgan fingerprint density at radius 3 is 1.76 bits per heavy atom. The molecule has 0 radical (unpaired) electrons. The summed E-state index contributed by atoms with van der Waals surface area (Å²) < 4.78 is 4.63. The van der Waals surface area contributed by atoms with Crippen molar-refractivity contribution < 1.29 is 9.53 Å². The molecule has 0 bridgehead atoms. The van der Waals surface area contributed by atoms with Crippen LogP contribution in [0.25, 0.3) is 0 Å². The van der Waals surface area contributed by atoms with E-state index in [2.05, 4.69) is 23.4 Å². The smallest absolute Gasteiger partial charge is 0.305 e. The van der Waals surface area contributed by atoms with E-state index >= 15 is 0 Å². The first-order chi connectivity index (χ1) is 10.3. The Morgan fingerprint density at radius 2 is 1.24 bits per heavy atom. The number of hydrogen-bond acceptors (Lipinski definition) is 3. The first-order valence-corrected chi connectivity index (χ1v) is 10.1. The fourth-order valence-electron chi connectivity index (χ4n) is 2.37. The number of ether oxygens (including phenoxy) is 1.